The third-order valence-electron chi connectivity index (χ3n) is 3.60. The number of nitriles is 1. The van der Waals surface area contributed by atoms with E-state index in [4.69, 9.17) is 10.00 Å². The summed E-state index contributed by atoms with van der Waals surface area (Å²) in [7, 11) is 3.76. The molecule has 0 atom stereocenters. The van der Waals surface area contributed by atoms with Crippen LogP contribution in [0.1, 0.15) is 24.5 Å². The first-order valence-corrected chi connectivity index (χ1v) is 8.48. The number of nitrogens with one attached hydrogen (secondary N) is 2. The van der Waals surface area contributed by atoms with Crippen LogP contribution in [0.25, 0.3) is 0 Å². The first-order chi connectivity index (χ1) is 12.1. The maximum absolute atomic E-state index is 13.8. The summed E-state index contributed by atoms with van der Waals surface area (Å²) < 4.78 is 18.9. The fourth-order valence-corrected chi connectivity index (χ4v) is 2.23. The molecule has 0 fully saturated rings. The Labute approximate surface area is 172 Å². The monoisotopic (exact) mass is 477 g/mol. The first kappa shape index (κ1) is 24.6. The van der Waals surface area contributed by atoms with Crippen LogP contribution >= 0.6 is 24.0 Å². The summed E-state index contributed by atoms with van der Waals surface area (Å²) in [4.78, 5) is 6.61. The van der Waals surface area contributed by atoms with Gasteiger partial charge in [0.2, 0.25) is 0 Å². The molecule has 0 bridgehead atoms. The van der Waals surface area contributed by atoms with E-state index in [1.54, 1.807) is 7.11 Å². The Hall–Kier alpha value is -1.44. The van der Waals surface area contributed by atoms with Crippen LogP contribution in [0.3, 0.4) is 0 Å². The molecule has 0 amide bonds. The predicted molar refractivity (Wildman–Crippen MR) is 113 cm³/mol. The highest BCUT2D eigenvalue weighted by atomic mass is 127. The molecule has 0 aliphatic heterocycles. The molecular formula is C18H29FIN5O. The minimum absolute atomic E-state index is 0. The average molecular weight is 477 g/mol. The van der Waals surface area contributed by atoms with Gasteiger partial charge in [-0.1, -0.05) is 0 Å². The zero-order valence-electron chi connectivity index (χ0n) is 15.7. The molecule has 1 aromatic carbocycles. The van der Waals surface area contributed by atoms with Crippen molar-refractivity contribution in [2.75, 3.05) is 46.9 Å². The van der Waals surface area contributed by atoms with Crippen LogP contribution < -0.4 is 10.6 Å². The molecule has 6 nitrogen and oxygen atoms in total. The van der Waals surface area contributed by atoms with Gasteiger partial charge in [0.1, 0.15) is 5.82 Å². The smallest absolute Gasteiger partial charge is 0.191 e. The second kappa shape index (κ2) is 14.7. The van der Waals surface area contributed by atoms with Gasteiger partial charge in [-0.3, -0.25) is 0 Å². The van der Waals surface area contributed by atoms with Gasteiger partial charge in [-0.15, -0.1) is 24.0 Å². The zero-order chi connectivity index (χ0) is 18.5. The van der Waals surface area contributed by atoms with E-state index in [-0.39, 0.29) is 36.3 Å². The Bertz CT molecular complexity index is 591. The van der Waals surface area contributed by atoms with Crippen molar-refractivity contribution < 1.29 is 9.13 Å². The first-order valence-electron chi connectivity index (χ1n) is 8.48. The Kier molecular flexibility index (Phi) is 13.9. The van der Waals surface area contributed by atoms with Crippen LogP contribution in [0.4, 0.5) is 4.39 Å². The molecule has 0 saturated heterocycles. The summed E-state index contributed by atoms with van der Waals surface area (Å²) in [5.41, 5.74) is 0.843. The summed E-state index contributed by atoms with van der Waals surface area (Å²) in [6.45, 7) is 6.20. The highest BCUT2D eigenvalue weighted by molar-refractivity contribution is 14.0. The lowest BCUT2D eigenvalue weighted by atomic mass is 10.1. The number of likely N-dealkylation sites (N-methyl/N-ethyl adjacent to an activating group) is 1. The number of nitrogens with zero attached hydrogens (tertiary/aromatic N) is 3. The largest absolute Gasteiger partial charge is 0.385 e. The molecule has 0 heterocycles. The maximum Gasteiger partial charge on any atom is 0.191 e. The number of rotatable bonds is 10. The fourth-order valence-electron chi connectivity index (χ4n) is 2.23. The van der Waals surface area contributed by atoms with Crippen molar-refractivity contribution in [3.8, 4) is 6.07 Å². The quantitative estimate of drug-likeness (QED) is 0.234. The summed E-state index contributed by atoms with van der Waals surface area (Å²) in [6, 6.07) is 6.32. The number of ether oxygens (including phenoxy) is 1. The molecule has 146 valence electrons. The van der Waals surface area contributed by atoms with Crippen molar-refractivity contribution in [1.82, 2.24) is 15.5 Å². The van der Waals surface area contributed by atoms with Crippen LogP contribution in [0.2, 0.25) is 0 Å². The summed E-state index contributed by atoms with van der Waals surface area (Å²) >= 11 is 0. The predicted octanol–water partition coefficient (Wildman–Crippen LogP) is 2.34. The highest BCUT2D eigenvalue weighted by Crippen LogP contribution is 2.11. The molecular weight excluding hydrogens is 448 g/mol. The Morgan fingerprint density at radius 3 is 2.77 bits per heavy atom. The molecule has 0 aliphatic rings. The average Bonchev–Trinajstić information content (AvgIpc) is 2.61. The van der Waals surface area contributed by atoms with Crippen LogP contribution in [0, 0.1) is 17.1 Å². The zero-order valence-corrected chi connectivity index (χ0v) is 18.0. The van der Waals surface area contributed by atoms with E-state index in [1.807, 2.05) is 13.0 Å². The lowest BCUT2D eigenvalue weighted by Crippen LogP contribution is -2.41. The van der Waals surface area contributed by atoms with Gasteiger partial charge < -0.3 is 20.3 Å². The summed E-state index contributed by atoms with van der Waals surface area (Å²) in [6.07, 6.45) is 0.996. The van der Waals surface area contributed by atoms with Crippen LogP contribution in [-0.4, -0.2) is 57.8 Å². The van der Waals surface area contributed by atoms with Gasteiger partial charge in [0.05, 0.1) is 18.2 Å². The van der Waals surface area contributed by atoms with Gasteiger partial charge in [0.15, 0.2) is 5.96 Å². The lowest BCUT2D eigenvalue weighted by Gasteiger charge is -2.18. The van der Waals surface area contributed by atoms with Crippen molar-refractivity contribution in [2.45, 2.75) is 19.9 Å². The van der Waals surface area contributed by atoms with E-state index in [9.17, 15) is 4.39 Å². The van der Waals surface area contributed by atoms with E-state index in [2.05, 4.69) is 27.6 Å². The number of guanidine groups is 1. The lowest BCUT2D eigenvalue weighted by molar-refractivity contribution is 0.180. The van der Waals surface area contributed by atoms with Gasteiger partial charge in [0, 0.05) is 45.5 Å². The molecule has 0 aromatic heterocycles. The highest BCUT2D eigenvalue weighted by Gasteiger charge is 2.05. The van der Waals surface area contributed by atoms with E-state index < -0.39 is 0 Å². The van der Waals surface area contributed by atoms with Crippen molar-refractivity contribution in [3.63, 3.8) is 0 Å². The Morgan fingerprint density at radius 2 is 2.12 bits per heavy atom. The Balaban J connectivity index is 0.00000625. The van der Waals surface area contributed by atoms with Crippen molar-refractivity contribution in [2.24, 2.45) is 4.99 Å². The second-order valence-electron chi connectivity index (χ2n) is 5.69. The molecule has 0 aliphatic carbocycles. The molecule has 0 unspecified atom stereocenters. The standard InChI is InChI=1S/C18H28FN5O.HI/c1-4-21-18(22-8-10-24(2)9-5-11-25-3)23-14-16-12-15(13-20)6-7-17(16)19;/h6-7,12H,4-5,8-11,14H2,1-3H3,(H2,21,22,23);1H. The molecule has 0 radical (unpaired) electrons. The van der Waals surface area contributed by atoms with Gasteiger partial charge in [-0.05, 0) is 38.6 Å². The molecule has 2 N–H and O–H groups in total. The Morgan fingerprint density at radius 1 is 1.35 bits per heavy atom. The SMILES string of the molecule is CCNC(=NCc1cc(C#N)ccc1F)NCCN(C)CCCOC.I. The summed E-state index contributed by atoms with van der Waals surface area (Å²) in [5, 5.41) is 15.3. The minimum atomic E-state index is -0.350. The van der Waals surface area contributed by atoms with E-state index in [1.165, 1.54) is 18.2 Å². The molecule has 0 spiro atoms. The number of hydrogen-bond acceptors (Lipinski definition) is 4. The van der Waals surface area contributed by atoms with Crippen LogP contribution in [0.5, 0.6) is 0 Å². The fraction of sp³-hybridized carbons (Fsp3) is 0.556. The molecule has 0 saturated carbocycles. The maximum atomic E-state index is 13.8. The third-order valence-corrected chi connectivity index (χ3v) is 3.60. The number of aliphatic imine (C=N–C) groups is 1. The van der Waals surface area contributed by atoms with Crippen LogP contribution in [0.15, 0.2) is 23.2 Å². The molecule has 26 heavy (non-hydrogen) atoms. The summed E-state index contributed by atoms with van der Waals surface area (Å²) in [5.74, 6) is 0.283. The van der Waals surface area contributed by atoms with Gasteiger partial charge in [-0.2, -0.15) is 5.26 Å². The van der Waals surface area contributed by atoms with Gasteiger partial charge in [0.25, 0.3) is 0 Å². The molecule has 1 rings (SSSR count). The van der Waals surface area contributed by atoms with E-state index in [0.29, 0.717) is 17.1 Å². The minimum Gasteiger partial charge on any atom is -0.385 e. The van der Waals surface area contributed by atoms with Crippen molar-refractivity contribution in [3.05, 3.63) is 35.1 Å². The van der Waals surface area contributed by atoms with E-state index in [0.717, 1.165) is 39.2 Å². The van der Waals surface area contributed by atoms with Gasteiger partial charge in [-0.25, -0.2) is 9.38 Å². The number of benzene rings is 1. The normalized spacial score (nSPS) is 11.0. The molecule has 1 aromatic rings. The van der Waals surface area contributed by atoms with Crippen molar-refractivity contribution >= 4 is 29.9 Å². The topological polar surface area (TPSA) is 72.7 Å². The second-order valence-corrected chi connectivity index (χ2v) is 5.69. The third kappa shape index (κ3) is 9.89. The number of halogens is 2. The number of hydrogen-bond donors (Lipinski definition) is 2. The molecule has 8 heteroatoms. The van der Waals surface area contributed by atoms with Gasteiger partial charge >= 0.3 is 0 Å². The van der Waals surface area contributed by atoms with Crippen molar-refractivity contribution in [1.29, 1.82) is 5.26 Å². The van der Waals surface area contributed by atoms with Crippen LogP contribution in [-0.2, 0) is 11.3 Å². The number of methoxy groups -OCH3 is 1. The van der Waals surface area contributed by atoms with E-state index >= 15 is 0 Å².